The van der Waals surface area contributed by atoms with E-state index >= 15 is 0 Å². The quantitative estimate of drug-likeness (QED) is 0.204. The van der Waals surface area contributed by atoms with Gasteiger partial charge in [0.2, 0.25) is 5.95 Å². The molecule has 1 aliphatic heterocycles. The van der Waals surface area contributed by atoms with Gasteiger partial charge in [0.25, 0.3) is 0 Å². The first-order chi connectivity index (χ1) is 21.8. The van der Waals surface area contributed by atoms with Crippen LogP contribution in [0.1, 0.15) is 0 Å². The lowest BCUT2D eigenvalue weighted by Gasteiger charge is -2.33. The van der Waals surface area contributed by atoms with Crippen LogP contribution in [0.5, 0.6) is 0 Å². The molecule has 4 heterocycles. The molecule has 0 atom stereocenters. The van der Waals surface area contributed by atoms with Gasteiger partial charge in [-0.1, -0.05) is 127 Å². The zero-order chi connectivity index (χ0) is 29.0. The van der Waals surface area contributed by atoms with Gasteiger partial charge in [-0.3, -0.25) is 0 Å². The smallest absolute Gasteiger partial charge is 0.336 e. The standard InChI is InChI=1S/C37H23BN4O2/c1-4-14-24(15-5-1)35-39-36(25-16-6-2-7-17-25)41-37(40-35)42-32-28-21-11-13-23-30(28)44-34(32)33-31(27-20-10-12-22-29(27)43-33)38(42)26-18-8-3-9-19-26/h1-23H. The summed E-state index contributed by atoms with van der Waals surface area (Å²) in [7, 11) is 0. The van der Waals surface area contributed by atoms with Crippen molar-refractivity contribution in [1.82, 2.24) is 15.0 Å². The summed E-state index contributed by atoms with van der Waals surface area (Å²) >= 11 is 0. The predicted octanol–water partition coefficient (Wildman–Crippen LogP) is 7.62. The Morgan fingerprint density at radius 1 is 0.477 bits per heavy atom. The highest BCUT2D eigenvalue weighted by Gasteiger charge is 2.45. The Hall–Kier alpha value is -5.95. The summed E-state index contributed by atoms with van der Waals surface area (Å²) in [4.78, 5) is 17.5. The second-order valence-corrected chi connectivity index (χ2v) is 10.8. The third-order valence-electron chi connectivity index (χ3n) is 8.20. The molecule has 5 aromatic carbocycles. The molecule has 8 aromatic rings. The SMILES string of the molecule is c1ccc(B2c3c(oc4ccccc34)-c3oc4ccccc4c3N2c2nc(-c3ccccc3)nc(-c3ccccc3)n2)cc1. The number of para-hydroxylation sites is 2. The maximum atomic E-state index is 6.61. The van der Waals surface area contributed by atoms with Gasteiger partial charge < -0.3 is 13.6 Å². The zero-order valence-electron chi connectivity index (χ0n) is 23.5. The highest BCUT2D eigenvalue weighted by molar-refractivity contribution is 6.92. The average Bonchev–Trinajstić information content (AvgIpc) is 3.68. The van der Waals surface area contributed by atoms with E-state index in [1.807, 2.05) is 103 Å². The molecule has 206 valence electrons. The van der Waals surface area contributed by atoms with Crippen molar-refractivity contribution < 1.29 is 8.83 Å². The molecular formula is C37H23BN4O2. The minimum absolute atomic E-state index is 0.307. The topological polar surface area (TPSA) is 68.2 Å². The maximum absolute atomic E-state index is 6.61. The Balaban J connectivity index is 1.41. The zero-order valence-corrected chi connectivity index (χ0v) is 23.5. The Bertz CT molecular complexity index is 2240. The van der Waals surface area contributed by atoms with Gasteiger partial charge in [-0.15, -0.1) is 0 Å². The van der Waals surface area contributed by atoms with Crippen LogP contribution >= 0.6 is 0 Å². The van der Waals surface area contributed by atoms with Crippen LogP contribution < -0.4 is 15.7 Å². The van der Waals surface area contributed by atoms with Gasteiger partial charge in [0.1, 0.15) is 11.2 Å². The fourth-order valence-electron chi connectivity index (χ4n) is 6.26. The highest BCUT2D eigenvalue weighted by atomic mass is 16.4. The summed E-state index contributed by atoms with van der Waals surface area (Å²) in [6.07, 6.45) is 0. The number of fused-ring (bicyclic) bond motifs is 7. The van der Waals surface area contributed by atoms with Gasteiger partial charge in [-0.2, -0.15) is 9.97 Å². The van der Waals surface area contributed by atoms with Gasteiger partial charge >= 0.3 is 6.85 Å². The average molecular weight is 566 g/mol. The second-order valence-electron chi connectivity index (χ2n) is 10.8. The summed E-state index contributed by atoms with van der Waals surface area (Å²) < 4.78 is 13.2. The molecule has 1 aliphatic rings. The van der Waals surface area contributed by atoms with Crippen LogP contribution in [0.15, 0.2) is 148 Å². The highest BCUT2D eigenvalue weighted by Crippen LogP contribution is 2.47. The molecule has 0 fully saturated rings. The normalized spacial score (nSPS) is 12.5. The van der Waals surface area contributed by atoms with Crippen molar-refractivity contribution in [2.45, 2.75) is 0 Å². The molecule has 0 bridgehead atoms. The minimum atomic E-state index is -0.307. The van der Waals surface area contributed by atoms with Crippen molar-refractivity contribution in [3.05, 3.63) is 140 Å². The Morgan fingerprint density at radius 2 is 0.977 bits per heavy atom. The van der Waals surface area contributed by atoms with Crippen molar-refractivity contribution in [2.75, 3.05) is 4.81 Å². The van der Waals surface area contributed by atoms with Crippen molar-refractivity contribution >= 4 is 51.3 Å². The van der Waals surface area contributed by atoms with Crippen molar-refractivity contribution in [1.29, 1.82) is 0 Å². The number of anilines is 2. The van der Waals surface area contributed by atoms with Crippen LogP contribution in [0.25, 0.3) is 56.2 Å². The molecule has 0 aliphatic carbocycles. The van der Waals surface area contributed by atoms with E-state index in [0.29, 0.717) is 23.4 Å². The number of hydrogen-bond acceptors (Lipinski definition) is 6. The summed E-state index contributed by atoms with van der Waals surface area (Å²) in [5.41, 5.74) is 6.35. The van der Waals surface area contributed by atoms with Crippen LogP contribution in [0.3, 0.4) is 0 Å². The minimum Gasteiger partial charge on any atom is -0.453 e. The molecule has 9 rings (SSSR count). The van der Waals surface area contributed by atoms with E-state index in [4.69, 9.17) is 23.8 Å². The van der Waals surface area contributed by atoms with Crippen molar-refractivity contribution in [3.63, 3.8) is 0 Å². The molecular weight excluding hydrogens is 543 g/mol. The third-order valence-corrected chi connectivity index (χ3v) is 8.20. The molecule has 6 nitrogen and oxygen atoms in total. The number of rotatable bonds is 4. The second kappa shape index (κ2) is 9.82. The summed E-state index contributed by atoms with van der Waals surface area (Å²) in [6, 6.07) is 46.8. The van der Waals surface area contributed by atoms with Crippen LogP contribution in [-0.4, -0.2) is 21.8 Å². The fourth-order valence-corrected chi connectivity index (χ4v) is 6.26. The number of nitrogens with zero attached hydrogens (tertiary/aromatic N) is 4. The van der Waals surface area contributed by atoms with Crippen LogP contribution in [0.2, 0.25) is 0 Å². The van der Waals surface area contributed by atoms with Gasteiger partial charge in [-0.05, 0) is 18.2 Å². The third kappa shape index (κ3) is 3.79. The molecule has 0 radical (unpaired) electrons. The predicted molar refractivity (Wildman–Crippen MR) is 176 cm³/mol. The van der Waals surface area contributed by atoms with E-state index in [0.717, 1.165) is 55.4 Å². The molecule has 0 unspecified atom stereocenters. The van der Waals surface area contributed by atoms with E-state index < -0.39 is 0 Å². The fraction of sp³-hybridized carbons (Fsp3) is 0. The monoisotopic (exact) mass is 566 g/mol. The molecule has 0 spiro atoms. The van der Waals surface area contributed by atoms with E-state index in [-0.39, 0.29) is 6.85 Å². The van der Waals surface area contributed by atoms with E-state index in [9.17, 15) is 0 Å². The number of aromatic nitrogens is 3. The summed E-state index contributed by atoms with van der Waals surface area (Å²) in [5, 5.41) is 1.98. The molecule has 0 amide bonds. The molecule has 0 N–H and O–H groups in total. The summed E-state index contributed by atoms with van der Waals surface area (Å²) in [6.45, 7) is -0.307. The Kier molecular flexibility index (Phi) is 5.50. The largest absolute Gasteiger partial charge is 0.453 e. The lowest BCUT2D eigenvalue weighted by Crippen LogP contribution is -2.57. The molecule has 0 saturated carbocycles. The molecule has 0 saturated heterocycles. The first-order valence-electron chi connectivity index (χ1n) is 14.6. The number of benzene rings is 5. The van der Waals surface area contributed by atoms with E-state index in [1.54, 1.807) is 0 Å². The first-order valence-corrected chi connectivity index (χ1v) is 14.6. The van der Waals surface area contributed by atoms with Gasteiger partial charge in [0.15, 0.2) is 23.2 Å². The Labute approximate surface area is 253 Å². The number of hydrogen-bond donors (Lipinski definition) is 0. The Morgan fingerprint density at radius 3 is 1.61 bits per heavy atom. The van der Waals surface area contributed by atoms with E-state index in [2.05, 4.69) is 41.2 Å². The first kappa shape index (κ1) is 24.6. The lowest BCUT2D eigenvalue weighted by molar-refractivity contribution is 0.570. The van der Waals surface area contributed by atoms with E-state index in [1.165, 1.54) is 0 Å². The van der Waals surface area contributed by atoms with Gasteiger partial charge in [0.05, 0.1) is 5.69 Å². The molecule has 3 aromatic heterocycles. The van der Waals surface area contributed by atoms with Crippen LogP contribution in [0.4, 0.5) is 11.6 Å². The lowest BCUT2D eigenvalue weighted by atomic mass is 9.47. The number of furan rings is 2. The van der Waals surface area contributed by atoms with Crippen LogP contribution in [-0.2, 0) is 0 Å². The maximum Gasteiger partial charge on any atom is 0.336 e. The molecule has 7 heteroatoms. The molecule has 44 heavy (non-hydrogen) atoms. The van der Waals surface area contributed by atoms with Gasteiger partial charge in [-0.25, -0.2) is 4.98 Å². The van der Waals surface area contributed by atoms with Crippen molar-refractivity contribution in [3.8, 4) is 34.3 Å². The summed E-state index contributed by atoms with van der Waals surface area (Å²) in [5.74, 6) is 3.10. The van der Waals surface area contributed by atoms with Gasteiger partial charge in [0, 0.05) is 27.4 Å². The van der Waals surface area contributed by atoms with Crippen LogP contribution in [0, 0.1) is 0 Å². The van der Waals surface area contributed by atoms with Crippen molar-refractivity contribution in [2.24, 2.45) is 0 Å².